The van der Waals surface area contributed by atoms with Crippen LogP contribution in [0.4, 0.5) is 0 Å². The number of carboxylic acids is 1. The highest BCUT2D eigenvalue weighted by atomic mass is 32.2. The van der Waals surface area contributed by atoms with Gasteiger partial charge in [0.15, 0.2) is 0 Å². The molecule has 0 aromatic carbocycles. The van der Waals surface area contributed by atoms with E-state index in [1.807, 2.05) is 6.92 Å². The van der Waals surface area contributed by atoms with E-state index >= 15 is 0 Å². The van der Waals surface area contributed by atoms with Crippen LogP contribution in [-0.2, 0) is 14.3 Å². The van der Waals surface area contributed by atoms with Crippen molar-refractivity contribution < 1.29 is 24.5 Å². The van der Waals surface area contributed by atoms with Crippen molar-refractivity contribution in [2.24, 2.45) is 0 Å². The minimum Gasteiger partial charge on any atom is -0.481 e. The SMILES string of the molecule is CC(=O)O.CCCCCCCCC=C1CCCC(O)C1SCCC(=O)OCC. The zero-order chi connectivity index (χ0) is 21.2. The van der Waals surface area contributed by atoms with Gasteiger partial charge in [0, 0.05) is 12.7 Å². The Morgan fingerprint density at radius 1 is 1.18 bits per heavy atom. The van der Waals surface area contributed by atoms with Gasteiger partial charge >= 0.3 is 5.97 Å². The molecule has 0 aromatic rings. The molecule has 28 heavy (non-hydrogen) atoms. The number of esters is 1. The Hall–Kier alpha value is -1.01. The second-order valence-electron chi connectivity index (χ2n) is 7.16. The first-order chi connectivity index (χ1) is 13.4. The summed E-state index contributed by atoms with van der Waals surface area (Å²) in [6.07, 6.45) is 14.7. The lowest BCUT2D eigenvalue weighted by Crippen LogP contribution is -2.29. The Labute approximate surface area is 175 Å². The molecule has 0 saturated heterocycles. The van der Waals surface area contributed by atoms with Gasteiger partial charge in [0.1, 0.15) is 0 Å². The molecule has 0 amide bonds. The van der Waals surface area contributed by atoms with Gasteiger partial charge in [-0.3, -0.25) is 9.59 Å². The zero-order valence-electron chi connectivity index (χ0n) is 18.0. The second kappa shape index (κ2) is 18.0. The van der Waals surface area contributed by atoms with Crippen LogP contribution in [0.3, 0.4) is 0 Å². The van der Waals surface area contributed by atoms with Gasteiger partial charge in [-0.05, 0) is 39.0 Å². The highest BCUT2D eigenvalue weighted by Gasteiger charge is 2.27. The molecule has 1 fully saturated rings. The molecular weight excluding hydrogens is 376 g/mol. The Kier molecular flexibility index (Phi) is 17.4. The van der Waals surface area contributed by atoms with E-state index in [1.165, 1.54) is 44.1 Å². The van der Waals surface area contributed by atoms with Crippen molar-refractivity contribution in [1.82, 2.24) is 0 Å². The van der Waals surface area contributed by atoms with Crippen LogP contribution >= 0.6 is 11.8 Å². The molecule has 0 bridgehead atoms. The van der Waals surface area contributed by atoms with Crippen molar-refractivity contribution in [2.45, 2.75) is 103 Å². The highest BCUT2D eigenvalue weighted by Crippen LogP contribution is 2.34. The maximum Gasteiger partial charge on any atom is 0.306 e. The van der Waals surface area contributed by atoms with Crippen molar-refractivity contribution >= 4 is 23.7 Å². The van der Waals surface area contributed by atoms with Gasteiger partial charge in [0.05, 0.1) is 24.4 Å². The summed E-state index contributed by atoms with van der Waals surface area (Å²) in [5, 5.41) is 17.9. The summed E-state index contributed by atoms with van der Waals surface area (Å²) in [6.45, 7) is 5.61. The van der Waals surface area contributed by atoms with Gasteiger partial charge < -0.3 is 14.9 Å². The van der Waals surface area contributed by atoms with E-state index in [9.17, 15) is 9.90 Å². The summed E-state index contributed by atoms with van der Waals surface area (Å²) in [5.74, 6) is -0.234. The second-order valence-corrected chi connectivity index (χ2v) is 8.41. The van der Waals surface area contributed by atoms with E-state index < -0.39 is 5.97 Å². The van der Waals surface area contributed by atoms with Crippen LogP contribution in [0.25, 0.3) is 0 Å². The molecule has 0 aliphatic heterocycles. The molecule has 5 nitrogen and oxygen atoms in total. The highest BCUT2D eigenvalue weighted by molar-refractivity contribution is 8.00. The van der Waals surface area contributed by atoms with Crippen molar-refractivity contribution in [3.8, 4) is 0 Å². The predicted molar refractivity (Wildman–Crippen MR) is 117 cm³/mol. The summed E-state index contributed by atoms with van der Waals surface area (Å²) in [7, 11) is 0. The maximum atomic E-state index is 11.5. The van der Waals surface area contributed by atoms with E-state index in [1.54, 1.807) is 11.8 Å². The average molecular weight is 417 g/mol. The molecule has 1 rings (SSSR count). The number of unbranched alkanes of at least 4 members (excludes halogenated alkanes) is 6. The van der Waals surface area contributed by atoms with Gasteiger partial charge in [-0.1, -0.05) is 50.7 Å². The summed E-state index contributed by atoms with van der Waals surface area (Å²) in [5.41, 5.74) is 1.40. The van der Waals surface area contributed by atoms with Gasteiger partial charge in [-0.25, -0.2) is 0 Å². The fourth-order valence-electron chi connectivity index (χ4n) is 3.21. The normalized spacial score (nSPS) is 20.4. The van der Waals surface area contributed by atoms with Gasteiger partial charge in [0.25, 0.3) is 5.97 Å². The fraction of sp³-hybridized carbons (Fsp3) is 0.818. The predicted octanol–water partition coefficient (Wildman–Crippen LogP) is 5.35. The number of carbonyl (C=O) groups excluding carboxylic acids is 1. The lowest BCUT2D eigenvalue weighted by atomic mass is 9.91. The molecule has 1 saturated carbocycles. The van der Waals surface area contributed by atoms with E-state index in [4.69, 9.17) is 14.6 Å². The minimum absolute atomic E-state index is 0.132. The van der Waals surface area contributed by atoms with E-state index in [0.717, 1.165) is 38.4 Å². The molecule has 1 aliphatic carbocycles. The lowest BCUT2D eigenvalue weighted by molar-refractivity contribution is -0.142. The van der Waals surface area contributed by atoms with Crippen molar-refractivity contribution in [1.29, 1.82) is 0 Å². The Balaban J connectivity index is 0.00000165. The van der Waals surface area contributed by atoms with E-state index in [0.29, 0.717) is 13.0 Å². The van der Waals surface area contributed by atoms with Crippen molar-refractivity contribution in [3.63, 3.8) is 0 Å². The van der Waals surface area contributed by atoms with E-state index in [2.05, 4.69) is 13.0 Å². The number of ether oxygens (including phenoxy) is 1. The number of thioether (sulfide) groups is 1. The molecule has 0 spiro atoms. The van der Waals surface area contributed by atoms with Crippen molar-refractivity contribution in [3.05, 3.63) is 11.6 Å². The number of rotatable bonds is 12. The largest absolute Gasteiger partial charge is 0.481 e. The van der Waals surface area contributed by atoms with E-state index in [-0.39, 0.29) is 17.3 Å². The van der Waals surface area contributed by atoms with Crippen LogP contribution in [0.1, 0.15) is 91.4 Å². The zero-order valence-corrected chi connectivity index (χ0v) is 18.8. The van der Waals surface area contributed by atoms with Crippen LogP contribution in [0.5, 0.6) is 0 Å². The molecule has 1 aliphatic rings. The van der Waals surface area contributed by atoms with Crippen LogP contribution in [-0.4, -0.2) is 45.9 Å². The quantitative estimate of drug-likeness (QED) is 0.253. The fourth-order valence-corrected chi connectivity index (χ4v) is 4.53. The van der Waals surface area contributed by atoms with Gasteiger partial charge in [0.2, 0.25) is 0 Å². The summed E-state index contributed by atoms with van der Waals surface area (Å²) < 4.78 is 4.98. The number of hydrogen-bond donors (Lipinski definition) is 2. The summed E-state index contributed by atoms with van der Waals surface area (Å²) in [6, 6.07) is 0. The molecule has 164 valence electrons. The monoisotopic (exact) mass is 416 g/mol. The number of carboxylic acid groups (broad SMARTS) is 1. The Bertz CT molecular complexity index is 446. The topological polar surface area (TPSA) is 83.8 Å². The Morgan fingerprint density at radius 3 is 2.46 bits per heavy atom. The third-order valence-electron chi connectivity index (χ3n) is 4.55. The van der Waals surface area contributed by atoms with Crippen LogP contribution < -0.4 is 0 Å². The Morgan fingerprint density at radius 2 is 1.82 bits per heavy atom. The minimum atomic E-state index is -0.833. The summed E-state index contributed by atoms with van der Waals surface area (Å²) >= 11 is 1.72. The van der Waals surface area contributed by atoms with Crippen LogP contribution in [0.15, 0.2) is 11.6 Å². The first kappa shape index (κ1) is 27.0. The molecule has 2 unspecified atom stereocenters. The van der Waals surface area contributed by atoms with Crippen LogP contribution in [0, 0.1) is 0 Å². The molecule has 0 radical (unpaired) electrons. The number of hydrogen-bond acceptors (Lipinski definition) is 5. The standard InChI is InChI=1S/C20H36O3S.C2H4O2/c1-3-5-6-7-8-9-10-12-17-13-11-14-18(21)20(17)24-16-15-19(22)23-4-2;1-2(3)4/h12,18,20-21H,3-11,13-16H2,1-2H3;1H3,(H,3,4). The van der Waals surface area contributed by atoms with Gasteiger partial charge in [-0.15, -0.1) is 0 Å². The average Bonchev–Trinajstić information content (AvgIpc) is 2.62. The molecular formula is C22H40O5S. The van der Waals surface area contributed by atoms with Crippen LogP contribution in [0.2, 0.25) is 0 Å². The molecule has 0 heterocycles. The number of aliphatic hydroxyl groups is 1. The molecule has 2 atom stereocenters. The number of aliphatic carboxylic acids is 1. The molecule has 0 aromatic heterocycles. The third-order valence-corrected chi connectivity index (χ3v) is 5.97. The van der Waals surface area contributed by atoms with Crippen molar-refractivity contribution in [2.75, 3.05) is 12.4 Å². The lowest BCUT2D eigenvalue weighted by Gasteiger charge is -2.30. The first-order valence-corrected chi connectivity index (χ1v) is 11.8. The number of allylic oxidation sites excluding steroid dienone is 1. The number of carbonyl (C=O) groups is 2. The van der Waals surface area contributed by atoms with Gasteiger partial charge in [-0.2, -0.15) is 11.8 Å². The molecule has 6 heteroatoms. The first-order valence-electron chi connectivity index (χ1n) is 10.8. The smallest absolute Gasteiger partial charge is 0.306 e. The summed E-state index contributed by atoms with van der Waals surface area (Å²) in [4.78, 5) is 20.5. The number of aliphatic hydroxyl groups excluding tert-OH is 1. The molecule has 2 N–H and O–H groups in total. The third kappa shape index (κ3) is 15.0. The maximum absolute atomic E-state index is 11.5.